The van der Waals surface area contributed by atoms with Gasteiger partial charge in [-0.3, -0.25) is 0 Å². The van der Waals surface area contributed by atoms with Crippen molar-refractivity contribution in [2.75, 3.05) is 18.4 Å². The lowest BCUT2D eigenvalue weighted by atomic mass is 10.1. The van der Waals surface area contributed by atoms with Gasteiger partial charge in [-0.1, -0.05) is 60.7 Å². The van der Waals surface area contributed by atoms with Crippen LogP contribution in [0.25, 0.3) is 17.0 Å². The summed E-state index contributed by atoms with van der Waals surface area (Å²) in [5.41, 5.74) is 2.63. The van der Waals surface area contributed by atoms with E-state index in [1.807, 2.05) is 66.7 Å². The van der Waals surface area contributed by atoms with Crippen molar-refractivity contribution in [3.05, 3.63) is 78.6 Å². The third-order valence-electron chi connectivity index (χ3n) is 5.71. The first-order chi connectivity index (χ1) is 15.6. The maximum atomic E-state index is 12.8. The van der Waals surface area contributed by atoms with Crippen LogP contribution >= 0.6 is 0 Å². The minimum atomic E-state index is -3.33. The Morgan fingerprint density at radius 1 is 0.969 bits per heavy atom. The second-order valence-electron chi connectivity index (χ2n) is 7.92. The van der Waals surface area contributed by atoms with Gasteiger partial charge in [0.05, 0.1) is 11.4 Å². The second kappa shape index (κ2) is 8.68. The van der Waals surface area contributed by atoms with Crippen LogP contribution in [0.4, 0.5) is 5.82 Å². The Balaban J connectivity index is 1.30. The number of fused-ring (bicyclic) bond motifs is 1. The van der Waals surface area contributed by atoms with Crippen molar-refractivity contribution in [2.45, 2.75) is 24.6 Å². The molecular formula is C23H24N6O2S. The molecule has 32 heavy (non-hydrogen) atoms. The maximum Gasteiger partial charge on any atom is 0.254 e. The van der Waals surface area contributed by atoms with Crippen LogP contribution in [0, 0.1) is 0 Å². The molecule has 1 N–H and O–H groups in total. The van der Waals surface area contributed by atoms with E-state index in [0.717, 1.165) is 22.6 Å². The van der Waals surface area contributed by atoms with E-state index in [9.17, 15) is 8.42 Å². The average molecular weight is 449 g/mol. The van der Waals surface area contributed by atoms with Crippen LogP contribution in [0.3, 0.4) is 0 Å². The summed E-state index contributed by atoms with van der Waals surface area (Å²) >= 11 is 0. The third kappa shape index (κ3) is 4.35. The van der Waals surface area contributed by atoms with Crippen molar-refractivity contribution in [3.63, 3.8) is 0 Å². The van der Waals surface area contributed by atoms with E-state index in [1.54, 1.807) is 8.82 Å². The molecule has 9 heteroatoms. The van der Waals surface area contributed by atoms with Crippen LogP contribution in [0.2, 0.25) is 0 Å². The largest absolute Gasteiger partial charge is 0.367 e. The fourth-order valence-electron chi connectivity index (χ4n) is 4.04. The quantitative estimate of drug-likeness (QED) is 0.487. The monoisotopic (exact) mass is 448 g/mol. The summed E-state index contributed by atoms with van der Waals surface area (Å²) in [6.45, 7) is 0.980. The van der Waals surface area contributed by atoms with Crippen LogP contribution in [0.15, 0.2) is 73.1 Å². The summed E-state index contributed by atoms with van der Waals surface area (Å²) < 4.78 is 29.0. The number of piperidine rings is 1. The van der Waals surface area contributed by atoms with E-state index in [4.69, 9.17) is 0 Å². The lowest BCUT2D eigenvalue weighted by molar-refractivity contribution is 0.329. The molecule has 164 valence electrons. The van der Waals surface area contributed by atoms with Crippen molar-refractivity contribution in [1.29, 1.82) is 0 Å². The molecule has 0 bridgehead atoms. The van der Waals surface area contributed by atoms with Crippen LogP contribution < -0.4 is 5.32 Å². The van der Waals surface area contributed by atoms with Gasteiger partial charge in [0.2, 0.25) is 10.0 Å². The number of aromatic nitrogens is 4. The van der Waals surface area contributed by atoms with Crippen LogP contribution in [-0.2, 0) is 15.8 Å². The van der Waals surface area contributed by atoms with Gasteiger partial charge in [0.15, 0.2) is 0 Å². The predicted molar refractivity (Wildman–Crippen MR) is 124 cm³/mol. The van der Waals surface area contributed by atoms with Crippen LogP contribution in [0.5, 0.6) is 0 Å². The molecular weight excluding hydrogens is 424 g/mol. The zero-order valence-electron chi connectivity index (χ0n) is 17.5. The molecule has 2 aromatic carbocycles. The number of nitrogens with one attached hydrogen (secondary N) is 1. The highest BCUT2D eigenvalue weighted by atomic mass is 32.2. The van der Waals surface area contributed by atoms with E-state index in [1.165, 1.54) is 6.33 Å². The van der Waals surface area contributed by atoms with Gasteiger partial charge >= 0.3 is 0 Å². The Morgan fingerprint density at radius 3 is 2.38 bits per heavy atom. The molecule has 1 fully saturated rings. The Morgan fingerprint density at radius 2 is 1.66 bits per heavy atom. The zero-order valence-corrected chi connectivity index (χ0v) is 18.3. The van der Waals surface area contributed by atoms with Gasteiger partial charge in [0, 0.05) is 30.8 Å². The van der Waals surface area contributed by atoms with Crippen molar-refractivity contribution in [2.24, 2.45) is 0 Å². The molecule has 0 aliphatic carbocycles. The number of rotatable bonds is 6. The summed E-state index contributed by atoms with van der Waals surface area (Å²) in [5, 5.41) is 7.84. The minimum Gasteiger partial charge on any atom is -0.367 e. The molecule has 0 unspecified atom stereocenters. The maximum absolute atomic E-state index is 12.8. The number of benzene rings is 2. The molecule has 8 nitrogen and oxygen atoms in total. The fraction of sp³-hybridized carbons (Fsp3) is 0.261. The second-order valence-corrected chi connectivity index (χ2v) is 9.89. The smallest absolute Gasteiger partial charge is 0.254 e. The molecule has 0 radical (unpaired) electrons. The molecule has 0 spiro atoms. The number of anilines is 1. The molecule has 4 aromatic rings. The summed E-state index contributed by atoms with van der Waals surface area (Å²) in [5.74, 6) is 1.37. The van der Waals surface area contributed by atoms with Crippen molar-refractivity contribution in [1.82, 2.24) is 23.9 Å². The van der Waals surface area contributed by atoms with Crippen molar-refractivity contribution >= 4 is 21.6 Å². The highest BCUT2D eigenvalue weighted by molar-refractivity contribution is 7.88. The van der Waals surface area contributed by atoms with Crippen LogP contribution in [0.1, 0.15) is 18.4 Å². The summed E-state index contributed by atoms with van der Waals surface area (Å²) in [7, 11) is -3.33. The lowest BCUT2D eigenvalue weighted by Gasteiger charge is -2.32. The minimum absolute atomic E-state index is 0.0380. The SMILES string of the molecule is O=S(=O)(Cc1ccccc1)N1CCC(Nc2cc(-c3ccccc3)nc3ncnn23)CC1. The Labute approximate surface area is 187 Å². The first-order valence-electron chi connectivity index (χ1n) is 10.6. The zero-order chi connectivity index (χ0) is 22.0. The molecule has 0 amide bonds. The van der Waals surface area contributed by atoms with E-state index < -0.39 is 10.0 Å². The number of hydrogen-bond donors (Lipinski definition) is 1. The normalized spacial score (nSPS) is 15.8. The Hall–Kier alpha value is -3.30. The number of nitrogens with zero attached hydrogens (tertiary/aromatic N) is 5. The summed E-state index contributed by atoms with van der Waals surface area (Å²) in [6.07, 6.45) is 2.92. The summed E-state index contributed by atoms with van der Waals surface area (Å²) in [4.78, 5) is 8.86. The standard InChI is InChI=1S/C23H24N6O2S/c30-32(31,16-18-7-3-1-4-8-18)28-13-11-20(12-14-28)26-22-15-21(19-9-5-2-6-10-19)27-23-24-17-25-29(22)23/h1-10,15,17,20,26H,11-14,16H2. The molecule has 2 aromatic heterocycles. The predicted octanol–water partition coefficient (Wildman–Crippen LogP) is 3.20. The van der Waals surface area contributed by atoms with Gasteiger partial charge in [0.1, 0.15) is 12.1 Å². The molecule has 0 saturated carbocycles. The van der Waals surface area contributed by atoms with E-state index >= 15 is 0 Å². The molecule has 1 aliphatic heterocycles. The molecule has 3 heterocycles. The molecule has 5 rings (SSSR count). The third-order valence-corrected chi connectivity index (χ3v) is 7.56. The Bertz CT molecular complexity index is 1300. The van der Waals surface area contributed by atoms with Crippen LogP contribution in [-0.4, -0.2) is 51.4 Å². The number of sulfonamides is 1. The lowest BCUT2D eigenvalue weighted by Crippen LogP contribution is -2.43. The first kappa shape index (κ1) is 20.6. The van der Waals surface area contributed by atoms with Gasteiger partial charge < -0.3 is 5.32 Å². The molecule has 0 atom stereocenters. The highest BCUT2D eigenvalue weighted by Crippen LogP contribution is 2.24. The Kier molecular flexibility index (Phi) is 5.59. The summed E-state index contributed by atoms with van der Waals surface area (Å²) in [6, 6.07) is 21.4. The van der Waals surface area contributed by atoms with E-state index in [0.29, 0.717) is 31.7 Å². The highest BCUT2D eigenvalue weighted by Gasteiger charge is 2.28. The number of hydrogen-bond acceptors (Lipinski definition) is 6. The van der Waals surface area contributed by atoms with E-state index in [2.05, 4.69) is 20.4 Å². The van der Waals surface area contributed by atoms with Gasteiger partial charge in [-0.15, -0.1) is 0 Å². The van der Waals surface area contributed by atoms with Crippen molar-refractivity contribution in [3.8, 4) is 11.3 Å². The average Bonchev–Trinajstić information content (AvgIpc) is 3.30. The van der Waals surface area contributed by atoms with Gasteiger partial charge in [0.25, 0.3) is 5.78 Å². The van der Waals surface area contributed by atoms with E-state index in [-0.39, 0.29) is 11.8 Å². The fourth-order valence-corrected chi connectivity index (χ4v) is 5.60. The van der Waals surface area contributed by atoms with Gasteiger partial charge in [-0.05, 0) is 18.4 Å². The van der Waals surface area contributed by atoms with Gasteiger partial charge in [-0.2, -0.15) is 14.6 Å². The van der Waals surface area contributed by atoms with Crippen molar-refractivity contribution < 1.29 is 8.42 Å². The topological polar surface area (TPSA) is 92.5 Å². The molecule has 1 aliphatic rings. The van der Waals surface area contributed by atoms with Gasteiger partial charge in [-0.25, -0.2) is 17.7 Å². The molecule has 1 saturated heterocycles. The first-order valence-corrected chi connectivity index (χ1v) is 12.2.